The lowest BCUT2D eigenvalue weighted by Gasteiger charge is -2.30. The molecule has 3 aromatic carbocycles. The number of amides is 2. The van der Waals surface area contributed by atoms with Crippen LogP contribution in [0.4, 0.5) is 17.1 Å². The monoisotopic (exact) mass is 417 g/mol. The predicted molar refractivity (Wildman–Crippen MR) is 120 cm³/mol. The molecule has 2 N–H and O–H groups in total. The summed E-state index contributed by atoms with van der Waals surface area (Å²) in [6.07, 6.45) is 0. The van der Waals surface area contributed by atoms with E-state index in [2.05, 4.69) is 15.5 Å². The van der Waals surface area contributed by atoms with Gasteiger partial charge in [-0.15, -0.1) is 0 Å². The van der Waals surface area contributed by atoms with Gasteiger partial charge in [0.15, 0.2) is 0 Å². The summed E-state index contributed by atoms with van der Waals surface area (Å²) in [5.74, 6) is -0.121. The van der Waals surface area contributed by atoms with Crippen molar-refractivity contribution in [3.05, 3.63) is 78.9 Å². The molecule has 0 saturated carbocycles. The Hall–Kier alpha value is -3.84. The maximum absolute atomic E-state index is 12.5. The molecule has 4 rings (SSSR count). The van der Waals surface area contributed by atoms with Gasteiger partial charge in [-0.25, -0.2) is 0 Å². The average molecular weight is 417 g/mol. The van der Waals surface area contributed by atoms with E-state index < -0.39 is 11.8 Å². The number of hydrogen-bond acceptors (Lipinski definition) is 5. The van der Waals surface area contributed by atoms with Crippen LogP contribution in [0.1, 0.15) is 0 Å². The third-order valence-corrected chi connectivity index (χ3v) is 4.80. The summed E-state index contributed by atoms with van der Waals surface area (Å²) in [5, 5.41) is 5.33. The molecule has 0 aromatic heterocycles. The van der Waals surface area contributed by atoms with Gasteiger partial charge >= 0.3 is 11.8 Å². The molecule has 0 spiro atoms. The van der Waals surface area contributed by atoms with Gasteiger partial charge < -0.3 is 25.0 Å². The molecule has 1 aliphatic rings. The summed E-state index contributed by atoms with van der Waals surface area (Å²) in [4.78, 5) is 27.0. The molecule has 1 aliphatic heterocycles. The zero-order valence-electron chi connectivity index (χ0n) is 16.9. The van der Waals surface area contributed by atoms with E-state index in [4.69, 9.17) is 9.47 Å². The van der Waals surface area contributed by atoms with E-state index in [-0.39, 0.29) is 0 Å². The lowest BCUT2D eigenvalue weighted by Crippen LogP contribution is -2.37. The van der Waals surface area contributed by atoms with Crippen molar-refractivity contribution in [1.29, 1.82) is 0 Å². The minimum atomic E-state index is -0.742. The van der Waals surface area contributed by atoms with E-state index in [1.54, 1.807) is 30.3 Å². The number of ether oxygens (including phenoxy) is 2. The van der Waals surface area contributed by atoms with E-state index in [0.717, 1.165) is 24.5 Å². The van der Waals surface area contributed by atoms with E-state index in [1.807, 2.05) is 48.5 Å². The Morgan fingerprint density at radius 3 is 2.10 bits per heavy atom. The molecule has 2 amide bonds. The lowest BCUT2D eigenvalue weighted by atomic mass is 10.2. The van der Waals surface area contributed by atoms with Crippen LogP contribution in [0, 0.1) is 0 Å². The number of rotatable bonds is 5. The number of morpholine rings is 1. The third-order valence-electron chi connectivity index (χ3n) is 4.80. The molecule has 0 atom stereocenters. The normalized spacial score (nSPS) is 13.4. The summed E-state index contributed by atoms with van der Waals surface area (Å²) in [6.45, 7) is 2.73. The number of carbonyl (C=O) groups excluding carboxylic acids is 2. The number of nitrogens with zero attached hydrogens (tertiary/aromatic N) is 1. The quantitative estimate of drug-likeness (QED) is 0.616. The molecule has 1 heterocycles. The molecular weight excluding hydrogens is 394 g/mol. The molecule has 31 heavy (non-hydrogen) atoms. The third kappa shape index (κ3) is 5.40. The average Bonchev–Trinajstić information content (AvgIpc) is 2.82. The molecule has 0 bridgehead atoms. The summed E-state index contributed by atoms with van der Waals surface area (Å²) in [7, 11) is 0. The second-order valence-corrected chi connectivity index (χ2v) is 6.96. The highest BCUT2D eigenvalue weighted by Crippen LogP contribution is 2.26. The van der Waals surface area contributed by atoms with Crippen molar-refractivity contribution in [2.24, 2.45) is 0 Å². The van der Waals surface area contributed by atoms with Crippen LogP contribution in [-0.2, 0) is 14.3 Å². The van der Waals surface area contributed by atoms with E-state index >= 15 is 0 Å². The highest BCUT2D eigenvalue weighted by molar-refractivity contribution is 6.43. The van der Waals surface area contributed by atoms with Gasteiger partial charge in [-0.2, -0.15) is 0 Å². The Balaban J connectivity index is 1.36. The number of nitrogens with one attached hydrogen (secondary N) is 2. The second kappa shape index (κ2) is 9.77. The van der Waals surface area contributed by atoms with Crippen molar-refractivity contribution < 1.29 is 19.1 Å². The minimum absolute atomic E-state index is 0.502. The number of para-hydroxylation sites is 3. The zero-order valence-corrected chi connectivity index (χ0v) is 16.9. The van der Waals surface area contributed by atoms with Crippen molar-refractivity contribution in [3.63, 3.8) is 0 Å². The maximum atomic E-state index is 12.5. The van der Waals surface area contributed by atoms with Crippen LogP contribution in [-0.4, -0.2) is 38.1 Å². The molecule has 7 nitrogen and oxygen atoms in total. The van der Waals surface area contributed by atoms with Crippen molar-refractivity contribution in [2.75, 3.05) is 41.8 Å². The van der Waals surface area contributed by atoms with Gasteiger partial charge in [-0.1, -0.05) is 30.3 Å². The number of hydrogen-bond donors (Lipinski definition) is 2. The molecular formula is C24H23N3O4. The fourth-order valence-corrected chi connectivity index (χ4v) is 3.26. The van der Waals surface area contributed by atoms with Gasteiger partial charge in [-0.05, 0) is 48.5 Å². The fourth-order valence-electron chi connectivity index (χ4n) is 3.26. The highest BCUT2D eigenvalue weighted by atomic mass is 16.5. The van der Waals surface area contributed by atoms with Gasteiger partial charge in [0, 0.05) is 18.8 Å². The first-order valence-corrected chi connectivity index (χ1v) is 10.1. The SMILES string of the molecule is O=C(Nc1ccc(Oc2ccccc2)cc1)C(=O)Nc1ccccc1N1CCOCC1. The summed E-state index contributed by atoms with van der Waals surface area (Å²) >= 11 is 0. The second-order valence-electron chi connectivity index (χ2n) is 6.96. The molecule has 0 unspecified atom stereocenters. The number of anilines is 3. The standard InChI is InChI=1S/C24H23N3O4/c28-23(25-18-10-12-20(13-11-18)31-19-6-2-1-3-7-19)24(29)26-21-8-4-5-9-22(21)27-14-16-30-17-15-27/h1-13H,14-17H2,(H,25,28)(H,26,29). The smallest absolute Gasteiger partial charge is 0.314 e. The topological polar surface area (TPSA) is 79.9 Å². The van der Waals surface area contributed by atoms with Gasteiger partial charge in [0.2, 0.25) is 0 Å². The van der Waals surface area contributed by atoms with Crippen molar-refractivity contribution >= 4 is 28.9 Å². The number of benzene rings is 3. The predicted octanol–water partition coefficient (Wildman–Crippen LogP) is 3.89. The van der Waals surface area contributed by atoms with Crippen LogP contribution in [0.3, 0.4) is 0 Å². The van der Waals surface area contributed by atoms with Crippen LogP contribution < -0.4 is 20.3 Å². The largest absolute Gasteiger partial charge is 0.457 e. The van der Waals surface area contributed by atoms with Crippen LogP contribution in [0.15, 0.2) is 78.9 Å². The molecule has 1 saturated heterocycles. The highest BCUT2D eigenvalue weighted by Gasteiger charge is 2.19. The minimum Gasteiger partial charge on any atom is -0.457 e. The molecule has 3 aromatic rings. The van der Waals surface area contributed by atoms with Crippen LogP contribution in [0.2, 0.25) is 0 Å². The first-order valence-electron chi connectivity index (χ1n) is 10.1. The molecule has 158 valence electrons. The van der Waals surface area contributed by atoms with Crippen molar-refractivity contribution in [1.82, 2.24) is 0 Å². The Morgan fingerprint density at radius 2 is 1.35 bits per heavy atom. The van der Waals surface area contributed by atoms with Crippen LogP contribution >= 0.6 is 0 Å². The number of carbonyl (C=O) groups is 2. The maximum Gasteiger partial charge on any atom is 0.314 e. The van der Waals surface area contributed by atoms with Gasteiger partial charge in [0.25, 0.3) is 0 Å². The summed E-state index contributed by atoms with van der Waals surface area (Å²) < 4.78 is 11.1. The first-order chi connectivity index (χ1) is 15.2. The summed E-state index contributed by atoms with van der Waals surface area (Å²) in [6, 6.07) is 23.7. The first kappa shape index (κ1) is 20.4. The van der Waals surface area contributed by atoms with E-state index in [1.165, 1.54) is 0 Å². The summed E-state index contributed by atoms with van der Waals surface area (Å²) in [5.41, 5.74) is 1.97. The van der Waals surface area contributed by atoms with Gasteiger partial charge in [0.1, 0.15) is 11.5 Å². The fraction of sp³-hybridized carbons (Fsp3) is 0.167. The van der Waals surface area contributed by atoms with Crippen LogP contribution in [0.5, 0.6) is 11.5 Å². The lowest BCUT2D eigenvalue weighted by molar-refractivity contribution is -0.132. The van der Waals surface area contributed by atoms with E-state index in [9.17, 15) is 9.59 Å². The Labute approximate surface area is 180 Å². The van der Waals surface area contributed by atoms with Crippen molar-refractivity contribution in [3.8, 4) is 11.5 Å². The molecule has 1 fully saturated rings. The zero-order chi connectivity index (χ0) is 21.5. The Bertz CT molecular complexity index is 1030. The van der Waals surface area contributed by atoms with Crippen molar-refractivity contribution in [2.45, 2.75) is 0 Å². The molecule has 0 radical (unpaired) electrons. The van der Waals surface area contributed by atoms with Gasteiger partial charge in [-0.3, -0.25) is 9.59 Å². The van der Waals surface area contributed by atoms with Gasteiger partial charge in [0.05, 0.1) is 24.6 Å². The molecule has 0 aliphatic carbocycles. The van der Waals surface area contributed by atoms with E-state index in [0.29, 0.717) is 30.3 Å². The Kier molecular flexibility index (Phi) is 6.44. The Morgan fingerprint density at radius 1 is 0.742 bits per heavy atom. The molecule has 7 heteroatoms. The van der Waals surface area contributed by atoms with Crippen LogP contribution in [0.25, 0.3) is 0 Å².